The van der Waals surface area contributed by atoms with Gasteiger partial charge in [-0.2, -0.15) is 0 Å². The van der Waals surface area contributed by atoms with Crippen LogP contribution in [0.1, 0.15) is 63.8 Å². The molecule has 1 N–H and O–H groups in total. The van der Waals surface area contributed by atoms with E-state index >= 15 is 0 Å². The summed E-state index contributed by atoms with van der Waals surface area (Å²) in [7, 11) is 0. The van der Waals surface area contributed by atoms with Gasteiger partial charge in [0.2, 0.25) is 11.9 Å². The molecule has 2 aliphatic rings. The lowest BCUT2D eigenvalue weighted by molar-refractivity contribution is -0.136. The third-order valence-electron chi connectivity index (χ3n) is 6.00. The van der Waals surface area contributed by atoms with Gasteiger partial charge in [0.15, 0.2) is 0 Å². The quantitative estimate of drug-likeness (QED) is 0.684. The number of hydrogen-bond donors (Lipinski definition) is 1. The number of benzene rings is 1. The molecule has 0 spiro atoms. The second-order valence-corrected chi connectivity index (χ2v) is 9.05. The Kier molecular flexibility index (Phi) is 8.06. The number of ether oxygens (including phenoxy) is 1. The Hall–Kier alpha value is -2.25. The first-order valence-electron chi connectivity index (χ1n) is 11.2. The smallest absolute Gasteiger partial charge is 0.223 e. The lowest BCUT2D eigenvalue weighted by atomic mass is 9.97. The molecule has 1 aromatic carbocycles. The molecule has 1 saturated heterocycles. The fourth-order valence-corrected chi connectivity index (χ4v) is 4.29. The van der Waals surface area contributed by atoms with Crippen LogP contribution in [-0.2, 0) is 28.0 Å². The highest BCUT2D eigenvalue weighted by atomic mass is 35.5. The summed E-state index contributed by atoms with van der Waals surface area (Å²) < 4.78 is 17.9. The second-order valence-electron chi connectivity index (χ2n) is 8.61. The van der Waals surface area contributed by atoms with Crippen LogP contribution in [0.5, 0.6) is 0 Å². The van der Waals surface area contributed by atoms with Crippen molar-refractivity contribution in [2.45, 2.75) is 71.5 Å². The first-order chi connectivity index (χ1) is 15.2. The van der Waals surface area contributed by atoms with Gasteiger partial charge in [0, 0.05) is 42.5 Å². The lowest BCUT2D eigenvalue weighted by Gasteiger charge is -2.31. The molecular formula is C24H32ClFN4O2. The molecular weight excluding hydrogens is 431 g/mol. The van der Waals surface area contributed by atoms with Gasteiger partial charge in [0.05, 0.1) is 17.8 Å². The van der Waals surface area contributed by atoms with E-state index in [-0.39, 0.29) is 17.3 Å². The molecule has 8 heteroatoms. The summed E-state index contributed by atoms with van der Waals surface area (Å²) in [6.07, 6.45) is 5.15. The molecule has 2 aromatic rings. The van der Waals surface area contributed by atoms with Crippen molar-refractivity contribution in [2.75, 3.05) is 18.5 Å². The highest BCUT2D eigenvalue weighted by Crippen LogP contribution is 2.38. The summed E-state index contributed by atoms with van der Waals surface area (Å²) in [5.74, 6) is 0.554. The maximum absolute atomic E-state index is 12.5. The predicted molar refractivity (Wildman–Crippen MR) is 124 cm³/mol. The Morgan fingerprint density at radius 3 is 2.62 bits per heavy atom. The van der Waals surface area contributed by atoms with Crippen LogP contribution in [-0.4, -0.2) is 40.0 Å². The third-order valence-corrected chi connectivity index (χ3v) is 6.22. The Bertz CT molecular complexity index is 927. The number of anilines is 1. The van der Waals surface area contributed by atoms with Crippen LogP contribution in [0.2, 0.25) is 5.02 Å². The number of carbonyl (C=O) groups is 1. The van der Waals surface area contributed by atoms with Crippen molar-refractivity contribution >= 4 is 23.5 Å². The number of fused-ring (bicyclic) bond motifs is 1. The first-order valence-corrected chi connectivity index (χ1v) is 11.6. The average Bonchev–Trinajstić information content (AvgIpc) is 3.03. The second kappa shape index (κ2) is 10.6. The minimum absolute atomic E-state index is 0.155. The van der Waals surface area contributed by atoms with E-state index in [1.165, 1.54) is 12.1 Å². The van der Waals surface area contributed by atoms with Gasteiger partial charge >= 0.3 is 0 Å². The summed E-state index contributed by atoms with van der Waals surface area (Å²) in [6, 6.07) is 4.94. The summed E-state index contributed by atoms with van der Waals surface area (Å²) in [5, 5.41) is 3.86. The molecule has 174 valence electrons. The van der Waals surface area contributed by atoms with Crippen LogP contribution >= 0.6 is 11.6 Å². The van der Waals surface area contributed by atoms with Crippen LogP contribution in [0.15, 0.2) is 24.4 Å². The molecule has 0 aliphatic carbocycles. The molecule has 1 amide bonds. The van der Waals surface area contributed by atoms with Crippen molar-refractivity contribution in [3.63, 3.8) is 0 Å². The molecule has 0 radical (unpaired) electrons. The van der Waals surface area contributed by atoms with E-state index in [1.807, 2.05) is 24.9 Å². The van der Waals surface area contributed by atoms with Gasteiger partial charge in [-0.05, 0) is 56.9 Å². The van der Waals surface area contributed by atoms with Crippen molar-refractivity contribution in [3.05, 3.63) is 52.1 Å². The first kappa shape index (κ1) is 24.4. The van der Waals surface area contributed by atoms with Gasteiger partial charge in [-0.15, -0.1) is 0 Å². The maximum Gasteiger partial charge on any atom is 0.223 e. The predicted octanol–water partition coefficient (Wildman–Crippen LogP) is 5.10. The number of aromatic nitrogens is 2. The monoisotopic (exact) mass is 462 g/mol. The maximum atomic E-state index is 12.5. The molecule has 6 nitrogen and oxygen atoms in total. The third kappa shape index (κ3) is 5.75. The fourth-order valence-electron chi connectivity index (χ4n) is 4.04. The lowest BCUT2D eigenvalue weighted by Crippen LogP contribution is -2.39. The molecule has 1 fully saturated rings. The number of hydrogen-bond acceptors (Lipinski definition) is 5. The van der Waals surface area contributed by atoms with Crippen LogP contribution in [0, 0.1) is 5.82 Å². The van der Waals surface area contributed by atoms with E-state index in [0.29, 0.717) is 30.0 Å². The van der Waals surface area contributed by atoms with E-state index < -0.39 is 0 Å². The number of nitrogens with zero attached hydrogens (tertiary/aromatic N) is 3. The van der Waals surface area contributed by atoms with E-state index in [4.69, 9.17) is 16.3 Å². The van der Waals surface area contributed by atoms with Gasteiger partial charge in [0.1, 0.15) is 5.82 Å². The van der Waals surface area contributed by atoms with Gasteiger partial charge < -0.3 is 15.0 Å². The normalized spacial score (nSPS) is 17.4. The Morgan fingerprint density at radius 2 is 2.00 bits per heavy atom. The highest BCUT2D eigenvalue weighted by molar-refractivity contribution is 6.30. The Morgan fingerprint density at radius 1 is 1.28 bits per heavy atom. The summed E-state index contributed by atoms with van der Waals surface area (Å²) in [5.41, 5.74) is 2.60. The van der Waals surface area contributed by atoms with Crippen molar-refractivity contribution in [3.8, 4) is 0 Å². The SMILES string of the molecule is CCC(=O)N1Cc2nc(NC3CCOCC3)ncc2C1(C)C.CCc1cc(F)cc(Cl)c1. The number of carbonyl (C=O) groups excluding carboxylic acids is 1. The number of aryl methyl sites for hydroxylation is 1. The molecule has 2 aliphatic heterocycles. The van der Waals surface area contributed by atoms with Crippen LogP contribution in [0.4, 0.5) is 10.3 Å². The number of amides is 1. The van der Waals surface area contributed by atoms with Crippen molar-refractivity contribution in [2.24, 2.45) is 0 Å². The minimum Gasteiger partial charge on any atom is -0.381 e. The molecule has 3 heterocycles. The van der Waals surface area contributed by atoms with Gasteiger partial charge in [-0.3, -0.25) is 4.79 Å². The van der Waals surface area contributed by atoms with Gasteiger partial charge in [-0.25, -0.2) is 14.4 Å². The standard InChI is InChI=1S/C16H24N4O2.C8H8ClF/c1-4-14(21)20-10-13-12(16(20,2)3)9-17-15(19-13)18-11-5-7-22-8-6-11;1-2-6-3-7(9)5-8(10)4-6/h9,11H,4-8,10H2,1-3H3,(H,17,18,19);3-5H,2H2,1H3. The van der Waals surface area contributed by atoms with Crippen LogP contribution < -0.4 is 5.32 Å². The van der Waals surface area contributed by atoms with E-state index in [1.54, 1.807) is 6.07 Å². The van der Waals surface area contributed by atoms with E-state index in [0.717, 1.165) is 49.3 Å². The van der Waals surface area contributed by atoms with Gasteiger partial charge in [-0.1, -0.05) is 25.4 Å². The molecule has 0 saturated carbocycles. The Balaban J connectivity index is 0.000000243. The summed E-state index contributed by atoms with van der Waals surface area (Å²) in [4.78, 5) is 23.2. The fraction of sp³-hybridized carbons (Fsp3) is 0.542. The van der Waals surface area contributed by atoms with Crippen molar-refractivity contribution in [1.82, 2.24) is 14.9 Å². The largest absolute Gasteiger partial charge is 0.381 e. The zero-order chi connectivity index (χ0) is 23.3. The topological polar surface area (TPSA) is 67.4 Å². The zero-order valence-electron chi connectivity index (χ0n) is 19.3. The number of rotatable bonds is 4. The average molecular weight is 463 g/mol. The molecule has 0 atom stereocenters. The van der Waals surface area contributed by atoms with Crippen LogP contribution in [0.3, 0.4) is 0 Å². The van der Waals surface area contributed by atoms with E-state index in [9.17, 15) is 9.18 Å². The molecule has 32 heavy (non-hydrogen) atoms. The summed E-state index contributed by atoms with van der Waals surface area (Å²) >= 11 is 5.59. The van der Waals surface area contributed by atoms with Crippen LogP contribution in [0.25, 0.3) is 0 Å². The molecule has 0 unspecified atom stereocenters. The molecule has 1 aromatic heterocycles. The Labute approximate surface area is 194 Å². The number of halogens is 2. The molecule has 4 rings (SSSR count). The molecule has 0 bridgehead atoms. The summed E-state index contributed by atoms with van der Waals surface area (Å²) in [6.45, 7) is 10.1. The zero-order valence-corrected chi connectivity index (χ0v) is 20.0. The highest BCUT2D eigenvalue weighted by Gasteiger charge is 2.41. The van der Waals surface area contributed by atoms with E-state index in [2.05, 4.69) is 29.1 Å². The minimum atomic E-state index is -0.334. The number of nitrogens with one attached hydrogen (secondary N) is 1. The van der Waals surface area contributed by atoms with Crippen molar-refractivity contribution in [1.29, 1.82) is 0 Å². The van der Waals surface area contributed by atoms with Crippen molar-refractivity contribution < 1.29 is 13.9 Å². The van der Waals surface area contributed by atoms with Gasteiger partial charge in [0.25, 0.3) is 0 Å².